The zero-order chi connectivity index (χ0) is 13.8. The van der Waals surface area contributed by atoms with Crippen LogP contribution in [-0.4, -0.2) is 39.1 Å². The zero-order valence-electron chi connectivity index (χ0n) is 10.9. The number of carboxylic acid groups (broad SMARTS) is 1. The molecule has 6 nitrogen and oxygen atoms in total. The molecule has 17 heavy (non-hydrogen) atoms. The molecule has 0 aromatic carbocycles. The fourth-order valence-corrected chi connectivity index (χ4v) is 1.23. The first kappa shape index (κ1) is 15.7. The molecule has 0 aromatic heterocycles. The van der Waals surface area contributed by atoms with Crippen molar-refractivity contribution in [2.24, 2.45) is 5.92 Å². The van der Waals surface area contributed by atoms with Gasteiger partial charge in [0.1, 0.15) is 5.60 Å². The number of aliphatic carboxylic acids is 1. The topological polar surface area (TPSA) is 87.1 Å². The highest BCUT2D eigenvalue weighted by molar-refractivity contribution is 5.79. The standard InChI is InChI=1S/C11H21NO5/c1-6-7(2)8(9(13)14)12(16)10(15)17-11(3,4)5/h7-8,16H,6H2,1-5H3,(H,13,14)/t7-,8-/m0/s1. The number of amides is 1. The molecule has 0 aliphatic heterocycles. The number of ether oxygens (including phenoxy) is 1. The molecule has 0 spiro atoms. The highest BCUT2D eigenvalue weighted by Gasteiger charge is 2.35. The molecule has 0 heterocycles. The maximum atomic E-state index is 11.5. The monoisotopic (exact) mass is 247 g/mol. The van der Waals surface area contributed by atoms with Crippen LogP contribution in [0.4, 0.5) is 4.79 Å². The second-order valence-corrected chi connectivity index (χ2v) is 4.99. The highest BCUT2D eigenvalue weighted by Crippen LogP contribution is 2.17. The summed E-state index contributed by atoms with van der Waals surface area (Å²) >= 11 is 0. The average Bonchev–Trinajstić information content (AvgIpc) is 2.14. The third kappa shape index (κ3) is 5.04. The van der Waals surface area contributed by atoms with Crippen LogP contribution in [0, 0.1) is 5.92 Å². The van der Waals surface area contributed by atoms with Gasteiger partial charge in [0.2, 0.25) is 0 Å². The van der Waals surface area contributed by atoms with Gasteiger partial charge in [0.15, 0.2) is 6.04 Å². The first-order valence-electron chi connectivity index (χ1n) is 5.54. The van der Waals surface area contributed by atoms with Crippen molar-refractivity contribution in [2.45, 2.75) is 52.7 Å². The van der Waals surface area contributed by atoms with E-state index >= 15 is 0 Å². The maximum absolute atomic E-state index is 11.5. The predicted octanol–water partition coefficient (Wildman–Crippen LogP) is 2.11. The number of hydrogen-bond acceptors (Lipinski definition) is 4. The van der Waals surface area contributed by atoms with Gasteiger partial charge in [-0.05, 0) is 26.7 Å². The van der Waals surface area contributed by atoms with Gasteiger partial charge >= 0.3 is 12.1 Å². The molecule has 0 aliphatic rings. The Balaban J connectivity index is 4.79. The summed E-state index contributed by atoms with van der Waals surface area (Å²) in [5.41, 5.74) is -0.781. The van der Waals surface area contributed by atoms with Crippen molar-refractivity contribution in [3.63, 3.8) is 0 Å². The van der Waals surface area contributed by atoms with E-state index in [9.17, 15) is 14.8 Å². The summed E-state index contributed by atoms with van der Waals surface area (Å²) in [7, 11) is 0. The normalized spacial score (nSPS) is 14.9. The van der Waals surface area contributed by atoms with Crippen molar-refractivity contribution in [3.05, 3.63) is 0 Å². The number of carbonyl (C=O) groups is 2. The largest absolute Gasteiger partial charge is 0.480 e. The van der Waals surface area contributed by atoms with Crippen molar-refractivity contribution >= 4 is 12.1 Å². The van der Waals surface area contributed by atoms with Gasteiger partial charge in [0.25, 0.3) is 0 Å². The van der Waals surface area contributed by atoms with E-state index in [-0.39, 0.29) is 11.0 Å². The van der Waals surface area contributed by atoms with E-state index in [0.29, 0.717) is 6.42 Å². The number of nitrogens with zero attached hydrogens (tertiary/aromatic N) is 1. The van der Waals surface area contributed by atoms with Crippen LogP contribution in [0.1, 0.15) is 41.0 Å². The summed E-state index contributed by atoms with van der Waals surface area (Å²) in [6, 6.07) is -1.30. The Hall–Kier alpha value is -1.30. The lowest BCUT2D eigenvalue weighted by molar-refractivity contribution is -0.170. The van der Waals surface area contributed by atoms with Gasteiger partial charge in [-0.25, -0.2) is 9.59 Å². The van der Waals surface area contributed by atoms with E-state index in [4.69, 9.17) is 9.84 Å². The van der Waals surface area contributed by atoms with Crippen LogP contribution in [-0.2, 0) is 9.53 Å². The molecule has 6 heteroatoms. The average molecular weight is 247 g/mol. The SMILES string of the molecule is CC[C@H](C)[C@@H](C(=O)O)N(O)C(=O)OC(C)(C)C. The van der Waals surface area contributed by atoms with Crippen molar-refractivity contribution in [3.8, 4) is 0 Å². The second-order valence-electron chi connectivity index (χ2n) is 4.99. The fraction of sp³-hybridized carbons (Fsp3) is 0.818. The first-order valence-corrected chi connectivity index (χ1v) is 5.54. The van der Waals surface area contributed by atoms with Gasteiger partial charge in [-0.1, -0.05) is 20.3 Å². The second kappa shape index (κ2) is 5.86. The van der Waals surface area contributed by atoms with Crippen molar-refractivity contribution in [1.29, 1.82) is 0 Å². The number of hydrogen-bond donors (Lipinski definition) is 2. The van der Waals surface area contributed by atoms with Gasteiger partial charge in [0, 0.05) is 0 Å². The summed E-state index contributed by atoms with van der Waals surface area (Å²) in [5, 5.41) is 18.7. The van der Waals surface area contributed by atoms with Gasteiger partial charge in [-0.2, -0.15) is 5.06 Å². The lowest BCUT2D eigenvalue weighted by Gasteiger charge is -2.29. The van der Waals surface area contributed by atoms with Gasteiger partial charge in [-0.15, -0.1) is 0 Å². The third-order valence-electron chi connectivity index (χ3n) is 2.28. The molecular formula is C11H21NO5. The number of carboxylic acids is 1. The molecule has 0 saturated carbocycles. The number of carbonyl (C=O) groups excluding carboxylic acids is 1. The van der Waals surface area contributed by atoms with Crippen molar-refractivity contribution in [2.75, 3.05) is 0 Å². The Bertz CT molecular complexity index is 284. The molecule has 1 amide bonds. The van der Waals surface area contributed by atoms with Crippen LogP contribution in [0.2, 0.25) is 0 Å². The molecule has 0 aliphatic carbocycles. The molecule has 2 atom stereocenters. The fourth-order valence-electron chi connectivity index (χ4n) is 1.23. The minimum atomic E-state index is -1.30. The molecule has 0 aromatic rings. The van der Waals surface area contributed by atoms with Crippen LogP contribution in [0.25, 0.3) is 0 Å². The van der Waals surface area contributed by atoms with Gasteiger partial charge < -0.3 is 9.84 Å². The van der Waals surface area contributed by atoms with E-state index in [1.54, 1.807) is 34.6 Å². The van der Waals surface area contributed by atoms with Crippen molar-refractivity contribution in [1.82, 2.24) is 5.06 Å². The smallest absolute Gasteiger partial charge is 0.435 e. The molecule has 0 rings (SSSR count). The first-order chi connectivity index (χ1) is 7.60. The molecule has 0 radical (unpaired) electrons. The molecule has 2 N–H and O–H groups in total. The third-order valence-corrected chi connectivity index (χ3v) is 2.28. The molecule has 0 saturated heterocycles. The Morgan fingerprint density at radius 2 is 1.82 bits per heavy atom. The van der Waals surface area contributed by atoms with Crippen LogP contribution in [0.15, 0.2) is 0 Å². The highest BCUT2D eigenvalue weighted by atomic mass is 16.6. The van der Waals surface area contributed by atoms with Crippen LogP contribution in [0.3, 0.4) is 0 Å². The summed E-state index contributed by atoms with van der Waals surface area (Å²) in [4.78, 5) is 22.5. The maximum Gasteiger partial charge on any atom is 0.435 e. The summed E-state index contributed by atoms with van der Waals surface area (Å²) in [6.45, 7) is 8.34. The molecule has 0 fully saturated rings. The Kier molecular flexibility index (Phi) is 5.41. The van der Waals surface area contributed by atoms with E-state index in [1.165, 1.54) is 0 Å². The van der Waals surface area contributed by atoms with Crippen LogP contribution >= 0.6 is 0 Å². The minimum Gasteiger partial charge on any atom is -0.480 e. The molecular weight excluding hydrogens is 226 g/mol. The van der Waals surface area contributed by atoms with E-state index in [0.717, 1.165) is 0 Å². The number of rotatable bonds is 4. The Morgan fingerprint density at radius 1 is 1.35 bits per heavy atom. The number of hydroxylamine groups is 2. The molecule has 0 unspecified atom stereocenters. The predicted molar refractivity (Wildman–Crippen MR) is 60.7 cm³/mol. The minimum absolute atomic E-state index is 0.155. The quantitative estimate of drug-likeness (QED) is 0.587. The van der Waals surface area contributed by atoms with Crippen LogP contribution in [0.5, 0.6) is 0 Å². The van der Waals surface area contributed by atoms with E-state index < -0.39 is 23.7 Å². The Labute approximate surface area is 101 Å². The van der Waals surface area contributed by atoms with Crippen molar-refractivity contribution < 1.29 is 24.6 Å². The Morgan fingerprint density at radius 3 is 2.12 bits per heavy atom. The van der Waals surface area contributed by atoms with Gasteiger partial charge in [-0.3, -0.25) is 5.21 Å². The lowest BCUT2D eigenvalue weighted by Crippen LogP contribution is -2.48. The molecule has 0 bridgehead atoms. The summed E-state index contributed by atoms with van der Waals surface area (Å²) < 4.78 is 4.90. The summed E-state index contributed by atoms with van der Waals surface area (Å²) in [6.07, 6.45) is -0.526. The molecule has 100 valence electrons. The van der Waals surface area contributed by atoms with E-state index in [1.807, 2.05) is 0 Å². The van der Waals surface area contributed by atoms with Gasteiger partial charge in [0.05, 0.1) is 0 Å². The summed E-state index contributed by atoms with van der Waals surface area (Å²) in [5.74, 6) is -1.63. The van der Waals surface area contributed by atoms with E-state index in [2.05, 4.69) is 0 Å². The zero-order valence-corrected chi connectivity index (χ0v) is 10.9. The van der Waals surface area contributed by atoms with Crippen LogP contribution < -0.4 is 0 Å². The lowest BCUT2D eigenvalue weighted by atomic mass is 9.99.